The van der Waals surface area contributed by atoms with E-state index in [0.717, 1.165) is 34.8 Å². The van der Waals surface area contributed by atoms with Crippen LogP contribution in [0.4, 0.5) is 0 Å². The number of aromatic nitrogens is 4. The minimum Gasteiger partial charge on any atom is -0.493 e. The number of pyridine rings is 1. The highest BCUT2D eigenvalue weighted by atomic mass is 16.5. The molecule has 0 saturated heterocycles. The summed E-state index contributed by atoms with van der Waals surface area (Å²) >= 11 is 0. The van der Waals surface area contributed by atoms with Gasteiger partial charge >= 0.3 is 0 Å². The lowest BCUT2D eigenvalue weighted by atomic mass is 10.2. The van der Waals surface area contributed by atoms with E-state index in [1.54, 1.807) is 7.11 Å². The van der Waals surface area contributed by atoms with E-state index in [1.165, 1.54) is 11.3 Å². The van der Waals surface area contributed by atoms with Gasteiger partial charge in [0.05, 0.1) is 18.1 Å². The Kier molecular flexibility index (Phi) is 3.08. The molecule has 23 heavy (non-hydrogen) atoms. The van der Waals surface area contributed by atoms with Gasteiger partial charge in [-0.3, -0.25) is 4.40 Å². The third kappa shape index (κ3) is 2.08. The summed E-state index contributed by atoms with van der Waals surface area (Å²) in [6.45, 7) is 4.91. The predicted octanol–water partition coefficient (Wildman–Crippen LogP) is 3.36. The maximum absolute atomic E-state index is 5.53. The summed E-state index contributed by atoms with van der Waals surface area (Å²) < 4.78 is 9.88. The normalized spacial score (nSPS) is 11.4. The molecule has 0 unspecified atom stereocenters. The maximum atomic E-state index is 5.53. The molecule has 0 fully saturated rings. The third-order valence-electron chi connectivity index (χ3n) is 4.28. The van der Waals surface area contributed by atoms with Gasteiger partial charge in [-0.2, -0.15) is 0 Å². The van der Waals surface area contributed by atoms with Gasteiger partial charge in [0.1, 0.15) is 5.82 Å². The zero-order valence-electron chi connectivity index (χ0n) is 13.4. The van der Waals surface area contributed by atoms with E-state index in [4.69, 9.17) is 4.74 Å². The second-order valence-electron chi connectivity index (χ2n) is 5.75. The van der Waals surface area contributed by atoms with Crippen molar-refractivity contribution in [3.8, 4) is 5.75 Å². The molecular weight excluding hydrogens is 288 g/mol. The molecule has 0 atom stereocenters. The molecule has 0 saturated carbocycles. The van der Waals surface area contributed by atoms with Crippen molar-refractivity contribution in [3.63, 3.8) is 0 Å². The fourth-order valence-electron chi connectivity index (χ4n) is 3.13. The van der Waals surface area contributed by atoms with Crippen molar-refractivity contribution < 1.29 is 4.74 Å². The van der Waals surface area contributed by atoms with E-state index < -0.39 is 0 Å². The molecule has 1 aromatic carbocycles. The van der Waals surface area contributed by atoms with Gasteiger partial charge in [0.15, 0.2) is 5.75 Å². The van der Waals surface area contributed by atoms with Gasteiger partial charge in [-0.15, -0.1) is 10.2 Å². The first-order valence-electron chi connectivity index (χ1n) is 7.61. The number of hydrogen-bond acceptors (Lipinski definition) is 3. The zero-order chi connectivity index (χ0) is 16.0. The van der Waals surface area contributed by atoms with Crippen LogP contribution in [0.2, 0.25) is 0 Å². The molecule has 116 valence electrons. The van der Waals surface area contributed by atoms with Crippen LogP contribution in [0.3, 0.4) is 0 Å². The average Bonchev–Trinajstić information content (AvgIpc) is 3.09. The topological polar surface area (TPSA) is 44.4 Å². The van der Waals surface area contributed by atoms with E-state index in [9.17, 15) is 0 Å². The molecule has 0 aliphatic carbocycles. The van der Waals surface area contributed by atoms with E-state index >= 15 is 0 Å². The number of methoxy groups -OCH3 is 1. The van der Waals surface area contributed by atoms with E-state index in [1.807, 2.05) is 13.0 Å². The van der Waals surface area contributed by atoms with Crippen molar-refractivity contribution >= 4 is 16.7 Å². The predicted molar refractivity (Wildman–Crippen MR) is 90.1 cm³/mol. The quantitative estimate of drug-likeness (QED) is 0.583. The van der Waals surface area contributed by atoms with Crippen molar-refractivity contribution in [2.75, 3.05) is 7.11 Å². The van der Waals surface area contributed by atoms with Crippen LogP contribution in [-0.2, 0) is 6.54 Å². The molecule has 0 N–H and O–H groups in total. The van der Waals surface area contributed by atoms with E-state index in [2.05, 4.69) is 62.5 Å². The number of ether oxygens (including phenoxy) is 1. The standard InChI is InChI=1S/C18H18N4O/c1-12-9-16-15(21(12)11-14-7-5-4-6-8-14)10-17(23-3)18-20-19-13(2)22(16)18/h4-10H,11H2,1-3H3. The highest BCUT2D eigenvalue weighted by Gasteiger charge is 2.16. The number of fused-ring (bicyclic) bond motifs is 3. The Morgan fingerprint density at radius 3 is 2.52 bits per heavy atom. The van der Waals surface area contributed by atoms with Crippen molar-refractivity contribution in [2.24, 2.45) is 0 Å². The number of nitrogens with zero attached hydrogens (tertiary/aromatic N) is 4. The van der Waals surface area contributed by atoms with E-state index in [-0.39, 0.29) is 0 Å². The smallest absolute Gasteiger partial charge is 0.203 e. The lowest BCUT2D eigenvalue weighted by Gasteiger charge is -2.10. The van der Waals surface area contributed by atoms with Crippen LogP contribution in [0.1, 0.15) is 17.1 Å². The Morgan fingerprint density at radius 2 is 1.78 bits per heavy atom. The molecule has 0 aliphatic rings. The van der Waals surface area contributed by atoms with Crippen LogP contribution in [0, 0.1) is 13.8 Å². The summed E-state index contributed by atoms with van der Waals surface area (Å²) in [5, 5.41) is 8.44. The van der Waals surface area contributed by atoms with Gasteiger partial charge in [0.25, 0.3) is 0 Å². The Hall–Kier alpha value is -2.82. The third-order valence-corrected chi connectivity index (χ3v) is 4.28. The lowest BCUT2D eigenvalue weighted by molar-refractivity contribution is 0.417. The van der Waals surface area contributed by atoms with Gasteiger partial charge in [0, 0.05) is 18.3 Å². The second kappa shape index (κ2) is 5.12. The Bertz CT molecular complexity index is 998. The van der Waals surface area contributed by atoms with Crippen LogP contribution >= 0.6 is 0 Å². The summed E-state index contributed by atoms with van der Waals surface area (Å²) in [5.41, 5.74) is 5.46. The van der Waals surface area contributed by atoms with Gasteiger partial charge in [-0.05, 0) is 25.5 Å². The second-order valence-corrected chi connectivity index (χ2v) is 5.75. The molecule has 4 rings (SSSR count). The number of hydrogen-bond donors (Lipinski definition) is 0. The van der Waals surface area contributed by atoms with Crippen LogP contribution in [-0.4, -0.2) is 26.3 Å². The molecule has 0 spiro atoms. The monoisotopic (exact) mass is 306 g/mol. The number of rotatable bonds is 3. The first kappa shape index (κ1) is 13.8. The number of aryl methyl sites for hydroxylation is 2. The fraction of sp³-hybridized carbons (Fsp3) is 0.222. The minimum atomic E-state index is 0.741. The Balaban J connectivity index is 2.00. The SMILES string of the molecule is COc1cc2c(cc(C)n2Cc2ccccc2)n2c(C)nnc12. The van der Waals surface area contributed by atoms with Gasteiger partial charge < -0.3 is 9.30 Å². The molecule has 5 nitrogen and oxygen atoms in total. The lowest BCUT2D eigenvalue weighted by Crippen LogP contribution is -2.02. The van der Waals surface area contributed by atoms with Crippen LogP contribution in [0.5, 0.6) is 5.75 Å². The molecule has 0 bridgehead atoms. The van der Waals surface area contributed by atoms with Gasteiger partial charge in [-0.1, -0.05) is 30.3 Å². The molecule has 0 aliphatic heterocycles. The van der Waals surface area contributed by atoms with Crippen molar-refractivity contribution in [1.29, 1.82) is 0 Å². The van der Waals surface area contributed by atoms with Crippen LogP contribution < -0.4 is 4.74 Å². The Labute approximate surface area is 134 Å². The first-order valence-corrected chi connectivity index (χ1v) is 7.61. The van der Waals surface area contributed by atoms with Gasteiger partial charge in [-0.25, -0.2) is 0 Å². The molecule has 3 aromatic heterocycles. The highest BCUT2D eigenvalue weighted by molar-refractivity contribution is 5.84. The largest absolute Gasteiger partial charge is 0.493 e. The van der Waals surface area contributed by atoms with Gasteiger partial charge in [0.2, 0.25) is 5.65 Å². The molecule has 0 radical (unpaired) electrons. The Morgan fingerprint density at radius 1 is 1.00 bits per heavy atom. The average molecular weight is 306 g/mol. The van der Waals surface area contributed by atoms with Crippen LogP contribution in [0.25, 0.3) is 16.7 Å². The molecule has 4 aromatic rings. The van der Waals surface area contributed by atoms with Crippen molar-refractivity contribution in [2.45, 2.75) is 20.4 Å². The van der Waals surface area contributed by atoms with E-state index in [0.29, 0.717) is 0 Å². The number of benzene rings is 1. The molecular formula is C18H18N4O. The van der Waals surface area contributed by atoms with Crippen LogP contribution in [0.15, 0.2) is 42.5 Å². The van der Waals surface area contributed by atoms with Crippen molar-refractivity contribution in [3.05, 3.63) is 59.5 Å². The summed E-state index contributed by atoms with van der Waals surface area (Å²) in [7, 11) is 1.67. The maximum Gasteiger partial charge on any atom is 0.203 e. The first-order chi connectivity index (χ1) is 11.2. The molecule has 3 heterocycles. The van der Waals surface area contributed by atoms with Crippen molar-refractivity contribution in [1.82, 2.24) is 19.2 Å². The summed E-state index contributed by atoms with van der Waals surface area (Å²) in [5.74, 6) is 1.60. The zero-order valence-corrected chi connectivity index (χ0v) is 13.4. The highest BCUT2D eigenvalue weighted by Crippen LogP contribution is 2.29. The summed E-state index contributed by atoms with van der Waals surface area (Å²) in [4.78, 5) is 0. The summed E-state index contributed by atoms with van der Waals surface area (Å²) in [6, 6.07) is 14.7. The molecule has 5 heteroatoms. The minimum absolute atomic E-state index is 0.741. The fourth-order valence-corrected chi connectivity index (χ4v) is 3.13. The molecule has 0 amide bonds. The summed E-state index contributed by atoms with van der Waals surface area (Å²) in [6.07, 6.45) is 0.